The highest BCUT2D eigenvalue weighted by atomic mass is 16.5. The van der Waals surface area contributed by atoms with Gasteiger partial charge in [-0.3, -0.25) is 4.79 Å². The largest absolute Gasteiger partial charge is 0.484 e. The number of nitrogen functional groups attached to an aromatic ring is 1. The van der Waals surface area contributed by atoms with E-state index in [1.807, 2.05) is 0 Å². The van der Waals surface area contributed by atoms with E-state index in [1.54, 1.807) is 24.3 Å². The molecule has 1 aromatic carbocycles. The van der Waals surface area contributed by atoms with Crippen molar-refractivity contribution in [2.75, 3.05) is 12.3 Å². The highest BCUT2D eigenvalue weighted by molar-refractivity contribution is 5.77. The van der Waals surface area contributed by atoms with Crippen molar-refractivity contribution in [3.05, 3.63) is 24.3 Å². The minimum absolute atomic E-state index is 0.0454. The van der Waals surface area contributed by atoms with Gasteiger partial charge in [-0.15, -0.1) is 0 Å². The number of rotatable bonds is 4. The Morgan fingerprint density at radius 1 is 1.37 bits per heavy atom. The Hall–Kier alpha value is -1.71. The molecule has 1 aliphatic rings. The van der Waals surface area contributed by atoms with Crippen LogP contribution in [0.4, 0.5) is 5.69 Å². The minimum Gasteiger partial charge on any atom is -0.484 e. The summed E-state index contributed by atoms with van der Waals surface area (Å²) < 4.78 is 5.42. The molecule has 19 heavy (non-hydrogen) atoms. The number of amides is 1. The van der Waals surface area contributed by atoms with Gasteiger partial charge < -0.3 is 15.8 Å². The predicted octanol–water partition coefficient (Wildman–Crippen LogP) is 2.34. The summed E-state index contributed by atoms with van der Waals surface area (Å²) in [4.78, 5) is 11.8. The van der Waals surface area contributed by atoms with Crippen molar-refractivity contribution in [2.45, 2.75) is 38.6 Å². The van der Waals surface area contributed by atoms with E-state index in [2.05, 4.69) is 12.2 Å². The molecule has 1 aliphatic carbocycles. The first-order valence-corrected chi connectivity index (χ1v) is 6.91. The van der Waals surface area contributed by atoms with Crippen molar-refractivity contribution in [1.82, 2.24) is 5.32 Å². The van der Waals surface area contributed by atoms with Gasteiger partial charge >= 0.3 is 0 Å². The molecule has 0 unspecified atom stereocenters. The van der Waals surface area contributed by atoms with E-state index in [1.165, 1.54) is 12.8 Å². The number of ether oxygens (including phenoxy) is 1. The van der Waals surface area contributed by atoms with Crippen LogP contribution in [0.1, 0.15) is 32.6 Å². The Bertz CT molecular complexity index is 417. The quantitative estimate of drug-likeness (QED) is 0.819. The van der Waals surface area contributed by atoms with E-state index in [-0.39, 0.29) is 12.5 Å². The summed E-state index contributed by atoms with van der Waals surface area (Å²) in [5, 5.41) is 3.04. The fourth-order valence-electron chi connectivity index (χ4n) is 2.55. The number of benzene rings is 1. The molecule has 0 aliphatic heterocycles. The molecule has 0 spiro atoms. The number of anilines is 1. The molecule has 1 aromatic rings. The first-order valence-electron chi connectivity index (χ1n) is 6.91. The number of carbonyl (C=O) groups is 1. The molecule has 2 rings (SSSR count). The SMILES string of the molecule is C[C@@H]1CCC[C@H](NC(=O)COc2ccc(N)cc2)C1. The van der Waals surface area contributed by atoms with Gasteiger partial charge in [-0.1, -0.05) is 19.8 Å². The number of hydrogen-bond donors (Lipinski definition) is 2. The van der Waals surface area contributed by atoms with Gasteiger partial charge in [-0.05, 0) is 43.0 Å². The molecular formula is C15H22N2O2. The molecular weight excluding hydrogens is 240 g/mol. The summed E-state index contributed by atoms with van der Waals surface area (Å²) in [7, 11) is 0. The molecule has 4 nitrogen and oxygen atoms in total. The minimum atomic E-state index is -0.0454. The number of nitrogens with two attached hydrogens (primary N) is 1. The average Bonchev–Trinajstić information content (AvgIpc) is 2.38. The van der Waals surface area contributed by atoms with Crippen molar-refractivity contribution in [2.24, 2.45) is 5.92 Å². The predicted molar refractivity (Wildman–Crippen MR) is 75.9 cm³/mol. The van der Waals surface area contributed by atoms with E-state index in [0.29, 0.717) is 23.4 Å². The van der Waals surface area contributed by atoms with Gasteiger partial charge in [0.1, 0.15) is 5.75 Å². The van der Waals surface area contributed by atoms with Crippen LogP contribution in [0.15, 0.2) is 24.3 Å². The van der Waals surface area contributed by atoms with Gasteiger partial charge in [-0.25, -0.2) is 0 Å². The standard InChI is InChI=1S/C15H22N2O2/c1-11-3-2-4-13(9-11)17-15(18)10-19-14-7-5-12(16)6-8-14/h5-8,11,13H,2-4,9-10,16H2,1H3,(H,17,18)/t11-,13+/m1/s1. The number of hydrogen-bond acceptors (Lipinski definition) is 3. The molecule has 1 amide bonds. The molecule has 4 heteroatoms. The van der Waals surface area contributed by atoms with Gasteiger partial charge in [0, 0.05) is 11.7 Å². The zero-order valence-corrected chi connectivity index (χ0v) is 11.4. The molecule has 0 aromatic heterocycles. The number of nitrogens with one attached hydrogen (secondary N) is 1. The normalized spacial score (nSPS) is 22.8. The van der Waals surface area contributed by atoms with Crippen LogP contribution in [0.2, 0.25) is 0 Å². The fraction of sp³-hybridized carbons (Fsp3) is 0.533. The third-order valence-corrected chi connectivity index (χ3v) is 3.55. The van der Waals surface area contributed by atoms with Crippen LogP contribution in [0.5, 0.6) is 5.75 Å². The summed E-state index contributed by atoms with van der Waals surface area (Å²) in [5.74, 6) is 1.33. The van der Waals surface area contributed by atoms with Crippen LogP contribution >= 0.6 is 0 Å². The van der Waals surface area contributed by atoms with Crippen molar-refractivity contribution >= 4 is 11.6 Å². The second kappa shape index (κ2) is 6.45. The zero-order chi connectivity index (χ0) is 13.7. The zero-order valence-electron chi connectivity index (χ0n) is 11.4. The van der Waals surface area contributed by atoms with Crippen LogP contribution in [0.3, 0.4) is 0 Å². The van der Waals surface area contributed by atoms with E-state index >= 15 is 0 Å². The van der Waals surface area contributed by atoms with Crippen LogP contribution in [-0.2, 0) is 4.79 Å². The van der Waals surface area contributed by atoms with Crippen LogP contribution in [0.25, 0.3) is 0 Å². The highest BCUT2D eigenvalue weighted by Crippen LogP contribution is 2.23. The fourth-order valence-corrected chi connectivity index (χ4v) is 2.55. The molecule has 1 fully saturated rings. The van der Waals surface area contributed by atoms with Gasteiger partial charge in [0.15, 0.2) is 6.61 Å². The summed E-state index contributed by atoms with van der Waals surface area (Å²) in [6.45, 7) is 2.30. The Morgan fingerprint density at radius 2 is 2.11 bits per heavy atom. The molecule has 2 atom stereocenters. The Balaban J connectivity index is 1.73. The van der Waals surface area contributed by atoms with Crippen LogP contribution < -0.4 is 15.8 Å². The maximum absolute atomic E-state index is 11.8. The molecule has 0 bridgehead atoms. The topological polar surface area (TPSA) is 64.3 Å². The smallest absolute Gasteiger partial charge is 0.258 e. The maximum Gasteiger partial charge on any atom is 0.258 e. The van der Waals surface area contributed by atoms with E-state index in [4.69, 9.17) is 10.5 Å². The van der Waals surface area contributed by atoms with E-state index in [0.717, 1.165) is 12.8 Å². The number of carbonyl (C=O) groups excluding carboxylic acids is 1. The van der Waals surface area contributed by atoms with Crippen LogP contribution in [0, 0.1) is 5.92 Å². The first-order chi connectivity index (χ1) is 9.13. The molecule has 104 valence electrons. The van der Waals surface area contributed by atoms with Crippen molar-refractivity contribution in [3.8, 4) is 5.75 Å². The lowest BCUT2D eigenvalue weighted by molar-refractivity contribution is -0.124. The molecule has 0 heterocycles. The van der Waals surface area contributed by atoms with Gasteiger partial charge in [0.2, 0.25) is 0 Å². The maximum atomic E-state index is 11.8. The average molecular weight is 262 g/mol. The lowest BCUT2D eigenvalue weighted by atomic mass is 9.87. The second-order valence-electron chi connectivity index (χ2n) is 5.39. The van der Waals surface area contributed by atoms with E-state index in [9.17, 15) is 4.79 Å². The lowest BCUT2D eigenvalue weighted by Gasteiger charge is -2.27. The lowest BCUT2D eigenvalue weighted by Crippen LogP contribution is -2.40. The van der Waals surface area contributed by atoms with Crippen molar-refractivity contribution in [1.29, 1.82) is 0 Å². The second-order valence-corrected chi connectivity index (χ2v) is 5.39. The highest BCUT2D eigenvalue weighted by Gasteiger charge is 2.20. The summed E-state index contributed by atoms with van der Waals surface area (Å²) in [5.41, 5.74) is 6.27. The Kier molecular flexibility index (Phi) is 4.66. The summed E-state index contributed by atoms with van der Waals surface area (Å²) in [6.07, 6.45) is 4.63. The molecule has 3 N–H and O–H groups in total. The van der Waals surface area contributed by atoms with Crippen molar-refractivity contribution in [3.63, 3.8) is 0 Å². The van der Waals surface area contributed by atoms with Gasteiger partial charge in [-0.2, -0.15) is 0 Å². The third kappa shape index (κ3) is 4.47. The van der Waals surface area contributed by atoms with Crippen LogP contribution in [-0.4, -0.2) is 18.6 Å². The third-order valence-electron chi connectivity index (χ3n) is 3.55. The van der Waals surface area contributed by atoms with E-state index < -0.39 is 0 Å². The Morgan fingerprint density at radius 3 is 2.79 bits per heavy atom. The summed E-state index contributed by atoms with van der Waals surface area (Å²) >= 11 is 0. The molecule has 0 saturated heterocycles. The molecule has 0 radical (unpaired) electrons. The first kappa shape index (κ1) is 13.7. The monoisotopic (exact) mass is 262 g/mol. The Labute approximate surface area is 114 Å². The van der Waals surface area contributed by atoms with Gasteiger partial charge in [0.25, 0.3) is 5.91 Å². The molecule has 1 saturated carbocycles. The summed E-state index contributed by atoms with van der Waals surface area (Å²) in [6, 6.07) is 7.37. The van der Waals surface area contributed by atoms with Gasteiger partial charge in [0.05, 0.1) is 0 Å². The van der Waals surface area contributed by atoms with Crippen molar-refractivity contribution < 1.29 is 9.53 Å².